The van der Waals surface area contributed by atoms with E-state index in [2.05, 4.69) is 11.9 Å². The summed E-state index contributed by atoms with van der Waals surface area (Å²) in [5.41, 5.74) is 2.66. The highest BCUT2D eigenvalue weighted by atomic mass is 19.2. The Hall–Kier alpha value is -3.93. The van der Waals surface area contributed by atoms with E-state index in [9.17, 15) is 13.6 Å². The number of hydrogen-bond acceptors (Lipinski definition) is 2. The molecular weight excluding hydrogens is 410 g/mol. The van der Waals surface area contributed by atoms with Crippen molar-refractivity contribution in [3.05, 3.63) is 114 Å². The number of nitrogens with one attached hydrogen (secondary N) is 1. The molecule has 32 heavy (non-hydrogen) atoms. The predicted octanol–water partition coefficient (Wildman–Crippen LogP) is 5.46. The van der Waals surface area contributed by atoms with E-state index in [0.29, 0.717) is 30.2 Å². The molecule has 4 nitrogen and oxygen atoms in total. The van der Waals surface area contributed by atoms with Crippen LogP contribution in [0.2, 0.25) is 0 Å². The van der Waals surface area contributed by atoms with Gasteiger partial charge in [-0.3, -0.25) is 4.79 Å². The number of halogens is 2. The molecule has 0 aliphatic carbocycles. The molecule has 0 bridgehead atoms. The molecule has 1 N–H and O–H groups in total. The first-order valence-electron chi connectivity index (χ1n) is 10.2. The van der Waals surface area contributed by atoms with Gasteiger partial charge in [-0.2, -0.15) is 0 Å². The Morgan fingerprint density at radius 3 is 2.53 bits per heavy atom. The van der Waals surface area contributed by atoms with Crippen LogP contribution in [0.4, 0.5) is 8.78 Å². The lowest BCUT2D eigenvalue weighted by Gasteiger charge is -2.12. The van der Waals surface area contributed by atoms with E-state index in [1.54, 1.807) is 16.7 Å². The Labute approximate surface area is 184 Å². The Kier molecular flexibility index (Phi) is 6.31. The summed E-state index contributed by atoms with van der Waals surface area (Å²) in [7, 11) is 0. The van der Waals surface area contributed by atoms with Crippen molar-refractivity contribution in [2.24, 2.45) is 0 Å². The molecule has 6 heteroatoms. The van der Waals surface area contributed by atoms with Crippen molar-refractivity contribution >= 4 is 16.8 Å². The summed E-state index contributed by atoms with van der Waals surface area (Å²) in [5, 5.41) is 3.69. The van der Waals surface area contributed by atoms with Crippen LogP contribution < -0.4 is 10.1 Å². The van der Waals surface area contributed by atoms with Crippen molar-refractivity contribution in [3.8, 4) is 5.75 Å². The first-order chi connectivity index (χ1) is 15.6. The van der Waals surface area contributed by atoms with E-state index in [-0.39, 0.29) is 12.5 Å². The fourth-order valence-corrected chi connectivity index (χ4v) is 3.58. The number of amides is 1. The summed E-state index contributed by atoms with van der Waals surface area (Å²) < 4.78 is 34.7. The lowest BCUT2D eigenvalue weighted by atomic mass is 10.2. The first kappa shape index (κ1) is 21.3. The van der Waals surface area contributed by atoms with Crippen LogP contribution in [0.15, 0.2) is 85.5 Å². The summed E-state index contributed by atoms with van der Waals surface area (Å²) >= 11 is 0. The van der Waals surface area contributed by atoms with Crippen molar-refractivity contribution in [1.82, 2.24) is 9.88 Å². The first-order valence-corrected chi connectivity index (χ1v) is 10.2. The SMILES string of the molecule is C=CCOc1cccc2c1cc(C(=O)NCc1ccccc1)n2Cc1ccc(F)c(F)c1. The number of hydrogen-bond donors (Lipinski definition) is 1. The Morgan fingerprint density at radius 1 is 0.969 bits per heavy atom. The zero-order chi connectivity index (χ0) is 22.5. The van der Waals surface area contributed by atoms with Gasteiger partial charge in [-0.25, -0.2) is 8.78 Å². The molecule has 4 rings (SSSR count). The molecule has 0 unspecified atom stereocenters. The van der Waals surface area contributed by atoms with E-state index in [4.69, 9.17) is 4.74 Å². The van der Waals surface area contributed by atoms with Crippen molar-refractivity contribution in [3.63, 3.8) is 0 Å². The number of aromatic nitrogens is 1. The maximum atomic E-state index is 13.8. The Morgan fingerprint density at radius 2 is 1.78 bits per heavy atom. The normalized spacial score (nSPS) is 10.8. The molecule has 1 amide bonds. The van der Waals surface area contributed by atoms with Gasteiger partial charge in [0.25, 0.3) is 5.91 Å². The minimum atomic E-state index is -0.927. The topological polar surface area (TPSA) is 43.3 Å². The quantitative estimate of drug-likeness (QED) is 0.376. The highest BCUT2D eigenvalue weighted by Gasteiger charge is 2.18. The minimum absolute atomic E-state index is 0.194. The van der Waals surface area contributed by atoms with Crippen LogP contribution in [0.5, 0.6) is 5.75 Å². The third kappa shape index (κ3) is 4.54. The van der Waals surface area contributed by atoms with Crippen LogP contribution >= 0.6 is 0 Å². The highest BCUT2D eigenvalue weighted by molar-refractivity contribution is 6.00. The Bertz CT molecular complexity index is 1270. The van der Waals surface area contributed by atoms with E-state index in [1.165, 1.54) is 6.07 Å². The van der Waals surface area contributed by atoms with E-state index < -0.39 is 11.6 Å². The molecule has 1 aromatic heterocycles. The summed E-state index contributed by atoms with van der Waals surface area (Å²) in [5.74, 6) is -1.50. The molecule has 0 fully saturated rings. The van der Waals surface area contributed by atoms with Crippen LogP contribution in [0.1, 0.15) is 21.6 Å². The van der Waals surface area contributed by atoms with E-state index in [1.807, 2.05) is 48.5 Å². The zero-order valence-electron chi connectivity index (χ0n) is 17.4. The summed E-state index contributed by atoms with van der Waals surface area (Å²) in [6, 6.07) is 20.6. The third-order valence-corrected chi connectivity index (χ3v) is 5.12. The molecule has 0 aliphatic heterocycles. The van der Waals surface area contributed by atoms with Gasteiger partial charge >= 0.3 is 0 Å². The largest absolute Gasteiger partial charge is 0.489 e. The summed E-state index contributed by atoms with van der Waals surface area (Å²) in [4.78, 5) is 13.1. The van der Waals surface area contributed by atoms with Gasteiger partial charge in [0.1, 0.15) is 18.1 Å². The van der Waals surface area contributed by atoms with Gasteiger partial charge in [0.05, 0.1) is 5.52 Å². The van der Waals surface area contributed by atoms with Crippen molar-refractivity contribution in [2.45, 2.75) is 13.1 Å². The summed E-state index contributed by atoms with van der Waals surface area (Å²) in [6.07, 6.45) is 1.64. The average Bonchev–Trinajstić information content (AvgIpc) is 3.18. The second-order valence-electron chi connectivity index (χ2n) is 7.32. The lowest BCUT2D eigenvalue weighted by molar-refractivity contribution is 0.0942. The minimum Gasteiger partial charge on any atom is -0.489 e. The van der Waals surface area contributed by atoms with Crippen LogP contribution in [0, 0.1) is 11.6 Å². The molecule has 162 valence electrons. The fourth-order valence-electron chi connectivity index (χ4n) is 3.58. The van der Waals surface area contributed by atoms with Gasteiger partial charge in [-0.1, -0.05) is 55.1 Å². The van der Waals surface area contributed by atoms with Gasteiger partial charge < -0.3 is 14.6 Å². The zero-order valence-corrected chi connectivity index (χ0v) is 17.4. The van der Waals surface area contributed by atoms with Crippen LogP contribution in [0.3, 0.4) is 0 Å². The van der Waals surface area contributed by atoms with Crippen LogP contribution in [-0.4, -0.2) is 17.1 Å². The van der Waals surface area contributed by atoms with Gasteiger partial charge in [0, 0.05) is 18.5 Å². The second-order valence-corrected chi connectivity index (χ2v) is 7.32. The summed E-state index contributed by atoms with van der Waals surface area (Å²) in [6.45, 7) is 4.55. The van der Waals surface area contributed by atoms with Crippen molar-refractivity contribution < 1.29 is 18.3 Å². The predicted molar refractivity (Wildman–Crippen MR) is 121 cm³/mol. The molecule has 0 saturated carbocycles. The molecule has 0 radical (unpaired) electrons. The number of nitrogens with zero attached hydrogens (tertiary/aromatic N) is 1. The maximum absolute atomic E-state index is 13.8. The van der Waals surface area contributed by atoms with Crippen LogP contribution in [0.25, 0.3) is 10.9 Å². The van der Waals surface area contributed by atoms with Gasteiger partial charge in [0.15, 0.2) is 11.6 Å². The van der Waals surface area contributed by atoms with Crippen molar-refractivity contribution in [1.29, 1.82) is 0 Å². The Balaban J connectivity index is 1.73. The molecule has 0 spiro atoms. The number of fused-ring (bicyclic) bond motifs is 1. The van der Waals surface area contributed by atoms with E-state index >= 15 is 0 Å². The van der Waals surface area contributed by atoms with E-state index in [0.717, 1.165) is 28.6 Å². The number of carbonyl (C=O) groups is 1. The molecule has 3 aromatic carbocycles. The molecule has 4 aromatic rings. The maximum Gasteiger partial charge on any atom is 0.268 e. The smallest absolute Gasteiger partial charge is 0.268 e. The molecular formula is C26H22F2N2O2. The molecule has 0 saturated heterocycles. The van der Waals surface area contributed by atoms with Gasteiger partial charge in [-0.15, -0.1) is 0 Å². The third-order valence-electron chi connectivity index (χ3n) is 5.12. The van der Waals surface area contributed by atoms with Gasteiger partial charge in [-0.05, 0) is 41.5 Å². The monoisotopic (exact) mass is 432 g/mol. The molecule has 1 heterocycles. The number of rotatable bonds is 8. The second kappa shape index (κ2) is 9.47. The standard InChI is InChI=1S/C26H22F2N2O2/c1-2-13-32-25-10-6-9-23-20(25)15-24(26(31)29-16-18-7-4-3-5-8-18)30(23)17-19-11-12-21(27)22(28)14-19/h2-12,14-15H,1,13,16-17H2,(H,29,31). The molecule has 0 aliphatic rings. The van der Waals surface area contributed by atoms with Crippen molar-refractivity contribution in [2.75, 3.05) is 6.61 Å². The number of benzene rings is 3. The highest BCUT2D eigenvalue weighted by Crippen LogP contribution is 2.30. The fraction of sp³-hybridized carbons (Fsp3) is 0.115. The lowest BCUT2D eigenvalue weighted by Crippen LogP contribution is -2.25. The number of carbonyl (C=O) groups excluding carboxylic acids is 1. The van der Waals surface area contributed by atoms with Crippen LogP contribution in [-0.2, 0) is 13.1 Å². The van der Waals surface area contributed by atoms with Gasteiger partial charge in [0.2, 0.25) is 0 Å². The average molecular weight is 432 g/mol. The number of ether oxygens (including phenoxy) is 1. The molecule has 0 atom stereocenters.